The third-order valence-electron chi connectivity index (χ3n) is 3.81. The smallest absolute Gasteiger partial charge is 0.321 e. The predicted octanol–water partition coefficient (Wildman–Crippen LogP) is 2.38. The van der Waals surface area contributed by atoms with E-state index >= 15 is 0 Å². The summed E-state index contributed by atoms with van der Waals surface area (Å²) in [6.07, 6.45) is 2.47. The molecule has 1 aromatic rings. The Labute approximate surface area is 134 Å². The summed E-state index contributed by atoms with van der Waals surface area (Å²) in [4.78, 5) is 23.7. The van der Waals surface area contributed by atoms with Crippen molar-refractivity contribution in [2.24, 2.45) is 0 Å². The fourth-order valence-electron chi connectivity index (χ4n) is 2.54. The minimum absolute atomic E-state index is 0.0260. The number of nitro groups is 1. The highest BCUT2D eigenvalue weighted by Crippen LogP contribution is 2.16. The Morgan fingerprint density at radius 3 is 2.50 bits per heavy atom. The van der Waals surface area contributed by atoms with E-state index in [-0.39, 0.29) is 23.6 Å². The molecule has 0 aliphatic carbocycles. The first-order valence-electron chi connectivity index (χ1n) is 7.29. The van der Waals surface area contributed by atoms with E-state index in [0.29, 0.717) is 0 Å². The molecule has 1 aliphatic heterocycles. The molecule has 1 aromatic carbocycles. The van der Waals surface area contributed by atoms with Gasteiger partial charge in [-0.25, -0.2) is 0 Å². The van der Waals surface area contributed by atoms with Crippen molar-refractivity contribution >= 4 is 23.3 Å². The molecule has 0 amide bonds. The van der Waals surface area contributed by atoms with Crippen molar-refractivity contribution in [3.05, 3.63) is 39.9 Å². The molecule has 22 heavy (non-hydrogen) atoms. The lowest BCUT2D eigenvalue weighted by molar-refractivity contribution is -0.384. The predicted molar refractivity (Wildman–Crippen MR) is 83.1 cm³/mol. The highest BCUT2D eigenvalue weighted by molar-refractivity contribution is 6.26. The highest BCUT2D eigenvalue weighted by atomic mass is 35.5. The maximum atomic E-state index is 11.1. The van der Waals surface area contributed by atoms with Gasteiger partial charge in [-0.05, 0) is 24.8 Å². The zero-order chi connectivity index (χ0) is 15.9. The van der Waals surface area contributed by atoms with Crippen LogP contribution in [0.2, 0.25) is 0 Å². The molecule has 1 aliphatic rings. The van der Waals surface area contributed by atoms with Gasteiger partial charge in [0, 0.05) is 31.8 Å². The zero-order valence-corrected chi connectivity index (χ0v) is 13.0. The number of carbonyl (C=O) groups is 1. The van der Waals surface area contributed by atoms with Crippen LogP contribution in [-0.2, 0) is 16.0 Å². The first-order valence-corrected chi connectivity index (χ1v) is 7.83. The van der Waals surface area contributed by atoms with Crippen LogP contribution in [0, 0.1) is 10.1 Å². The molecule has 1 saturated heterocycles. The van der Waals surface area contributed by atoms with Gasteiger partial charge in [0.05, 0.1) is 4.92 Å². The highest BCUT2D eigenvalue weighted by Gasteiger charge is 2.21. The molecule has 0 unspecified atom stereocenters. The van der Waals surface area contributed by atoms with Crippen molar-refractivity contribution in [3.8, 4) is 0 Å². The molecule has 1 fully saturated rings. The number of rotatable bonds is 6. The van der Waals surface area contributed by atoms with E-state index in [1.54, 1.807) is 12.1 Å². The Morgan fingerprint density at radius 1 is 1.32 bits per heavy atom. The van der Waals surface area contributed by atoms with Crippen LogP contribution >= 0.6 is 11.6 Å². The molecule has 120 valence electrons. The largest absolute Gasteiger partial charge is 0.461 e. The molecule has 0 bridgehead atoms. The van der Waals surface area contributed by atoms with E-state index in [9.17, 15) is 14.9 Å². The second-order valence-electron chi connectivity index (χ2n) is 5.34. The van der Waals surface area contributed by atoms with Crippen LogP contribution in [0.5, 0.6) is 0 Å². The molecule has 0 saturated carbocycles. The number of hydrogen-bond donors (Lipinski definition) is 0. The molecule has 0 aromatic heterocycles. The van der Waals surface area contributed by atoms with Gasteiger partial charge >= 0.3 is 5.97 Å². The maximum Gasteiger partial charge on any atom is 0.321 e. The van der Waals surface area contributed by atoms with Crippen LogP contribution in [0.1, 0.15) is 18.4 Å². The standard InChI is InChI=1S/C15H19ClN2O4/c16-11-15(19)22-14-6-9-17(10-7-14)8-5-12-1-3-13(4-2-12)18(20)21/h1-4,14H,5-11H2. The summed E-state index contributed by atoms with van der Waals surface area (Å²) < 4.78 is 5.23. The Kier molecular flexibility index (Phi) is 6.15. The lowest BCUT2D eigenvalue weighted by atomic mass is 10.1. The van der Waals surface area contributed by atoms with E-state index in [0.717, 1.165) is 44.5 Å². The molecule has 2 rings (SSSR count). The number of nitro benzene ring substituents is 1. The third-order valence-corrected chi connectivity index (χ3v) is 4.02. The quantitative estimate of drug-likeness (QED) is 0.347. The van der Waals surface area contributed by atoms with Crippen molar-refractivity contribution in [2.45, 2.75) is 25.4 Å². The second kappa shape index (κ2) is 8.10. The summed E-state index contributed by atoms with van der Waals surface area (Å²) >= 11 is 5.42. The van der Waals surface area contributed by atoms with Crippen molar-refractivity contribution < 1.29 is 14.5 Å². The monoisotopic (exact) mass is 326 g/mol. The number of ether oxygens (including phenoxy) is 1. The summed E-state index contributed by atoms with van der Waals surface area (Å²) in [5.41, 5.74) is 1.20. The fraction of sp³-hybridized carbons (Fsp3) is 0.533. The van der Waals surface area contributed by atoms with E-state index in [1.807, 2.05) is 0 Å². The average Bonchev–Trinajstić information content (AvgIpc) is 2.54. The van der Waals surface area contributed by atoms with Crippen LogP contribution in [0.15, 0.2) is 24.3 Å². The van der Waals surface area contributed by atoms with Crippen molar-refractivity contribution in [3.63, 3.8) is 0 Å². The first kappa shape index (κ1) is 16.7. The normalized spacial score (nSPS) is 16.4. The number of piperidine rings is 1. The van der Waals surface area contributed by atoms with E-state index in [2.05, 4.69) is 4.90 Å². The average molecular weight is 327 g/mol. The van der Waals surface area contributed by atoms with Gasteiger partial charge < -0.3 is 9.64 Å². The minimum Gasteiger partial charge on any atom is -0.461 e. The number of esters is 1. The van der Waals surface area contributed by atoms with Crippen LogP contribution in [0.4, 0.5) is 5.69 Å². The van der Waals surface area contributed by atoms with Crippen LogP contribution in [-0.4, -0.2) is 47.4 Å². The van der Waals surface area contributed by atoms with Crippen molar-refractivity contribution in [1.82, 2.24) is 4.90 Å². The fourth-order valence-corrected chi connectivity index (χ4v) is 2.60. The Hall–Kier alpha value is -1.66. The van der Waals surface area contributed by atoms with Gasteiger partial charge in [-0.1, -0.05) is 12.1 Å². The molecular weight excluding hydrogens is 308 g/mol. The van der Waals surface area contributed by atoms with E-state index in [1.165, 1.54) is 12.1 Å². The number of non-ortho nitro benzene ring substituents is 1. The SMILES string of the molecule is O=C(CCl)OC1CCN(CCc2ccc([N+](=O)[O-])cc2)CC1. The molecule has 0 spiro atoms. The number of alkyl halides is 1. The topological polar surface area (TPSA) is 72.7 Å². The van der Waals surface area contributed by atoms with Crippen molar-refractivity contribution in [2.75, 3.05) is 25.5 Å². The summed E-state index contributed by atoms with van der Waals surface area (Å²) in [5, 5.41) is 10.6. The van der Waals surface area contributed by atoms with E-state index in [4.69, 9.17) is 16.3 Å². The van der Waals surface area contributed by atoms with Crippen LogP contribution in [0.25, 0.3) is 0 Å². The molecule has 1 heterocycles. The summed E-state index contributed by atoms with van der Waals surface area (Å²) in [6, 6.07) is 6.67. The molecule has 6 nitrogen and oxygen atoms in total. The van der Waals surface area contributed by atoms with Gasteiger partial charge in [-0.2, -0.15) is 0 Å². The third kappa shape index (κ3) is 4.96. The minimum atomic E-state index is -0.392. The van der Waals surface area contributed by atoms with Crippen molar-refractivity contribution in [1.29, 1.82) is 0 Å². The number of likely N-dealkylation sites (tertiary alicyclic amines) is 1. The molecular formula is C15H19ClN2O4. The number of nitrogens with zero attached hydrogens (tertiary/aromatic N) is 2. The lowest BCUT2D eigenvalue weighted by Crippen LogP contribution is -2.39. The van der Waals surface area contributed by atoms with Crippen LogP contribution < -0.4 is 0 Å². The van der Waals surface area contributed by atoms with Gasteiger partial charge in [0.15, 0.2) is 0 Å². The van der Waals surface area contributed by atoms with Gasteiger partial charge in [-0.15, -0.1) is 11.6 Å². The number of halogens is 1. The Balaban J connectivity index is 1.72. The molecule has 0 radical (unpaired) electrons. The maximum absolute atomic E-state index is 11.1. The summed E-state index contributed by atoms with van der Waals surface area (Å²) in [6.45, 7) is 2.66. The lowest BCUT2D eigenvalue weighted by Gasteiger charge is -2.31. The zero-order valence-electron chi connectivity index (χ0n) is 12.2. The van der Waals surface area contributed by atoms with Gasteiger partial charge in [0.1, 0.15) is 12.0 Å². The summed E-state index contributed by atoms with van der Waals surface area (Å²) in [7, 11) is 0. The van der Waals surface area contributed by atoms with Gasteiger partial charge in [0.2, 0.25) is 0 Å². The first-order chi connectivity index (χ1) is 10.6. The Bertz CT molecular complexity index is 513. The second-order valence-corrected chi connectivity index (χ2v) is 5.61. The van der Waals surface area contributed by atoms with Gasteiger partial charge in [-0.3, -0.25) is 14.9 Å². The van der Waals surface area contributed by atoms with E-state index < -0.39 is 4.92 Å². The Morgan fingerprint density at radius 2 is 1.95 bits per heavy atom. The van der Waals surface area contributed by atoms with Crippen LogP contribution in [0.3, 0.4) is 0 Å². The number of hydrogen-bond acceptors (Lipinski definition) is 5. The molecule has 0 atom stereocenters. The molecule has 0 N–H and O–H groups in total. The van der Waals surface area contributed by atoms with Gasteiger partial charge in [0.25, 0.3) is 5.69 Å². The molecule has 7 heteroatoms. The summed E-state index contributed by atoms with van der Waals surface area (Å²) in [5.74, 6) is -0.452. The number of benzene rings is 1. The number of carbonyl (C=O) groups excluding carboxylic acids is 1.